The van der Waals surface area contributed by atoms with E-state index in [-0.39, 0.29) is 0 Å². The van der Waals surface area contributed by atoms with Gasteiger partial charge in [0.25, 0.3) is 0 Å². The van der Waals surface area contributed by atoms with Crippen molar-refractivity contribution in [3.63, 3.8) is 0 Å². The average Bonchev–Trinajstić information content (AvgIpc) is 2.46. The van der Waals surface area contributed by atoms with Crippen LogP contribution in [-0.2, 0) is 0 Å². The molecule has 0 aromatic heterocycles. The predicted molar refractivity (Wildman–Crippen MR) is 79.1 cm³/mol. The van der Waals surface area contributed by atoms with E-state index in [2.05, 4.69) is 10.2 Å². The highest BCUT2D eigenvalue weighted by Gasteiger charge is 1.99. The van der Waals surface area contributed by atoms with Gasteiger partial charge in [0, 0.05) is 11.1 Å². The molecule has 0 fully saturated rings. The van der Waals surface area contributed by atoms with E-state index in [9.17, 15) is 0 Å². The summed E-state index contributed by atoms with van der Waals surface area (Å²) in [6.07, 6.45) is 0. The molecule has 0 radical (unpaired) electrons. The standard InChI is InChI=1S/C15H16N4/c1-11-7-9-13(10-8-11)15(17)19-18-14(16)12-5-3-2-4-6-12/h2-10H,1H3,(H2,16,18)(H2,17,19). The maximum Gasteiger partial charge on any atom is 0.153 e. The maximum absolute atomic E-state index is 5.86. The third kappa shape index (κ3) is 3.42. The topological polar surface area (TPSA) is 76.8 Å². The lowest BCUT2D eigenvalue weighted by Gasteiger charge is -2.00. The Balaban J connectivity index is 2.20. The van der Waals surface area contributed by atoms with E-state index in [1.165, 1.54) is 5.56 Å². The molecular formula is C15H16N4. The Morgan fingerprint density at radius 2 is 1.21 bits per heavy atom. The molecule has 2 aromatic carbocycles. The number of amidine groups is 2. The van der Waals surface area contributed by atoms with Gasteiger partial charge in [0.15, 0.2) is 11.7 Å². The second-order valence-corrected chi connectivity index (χ2v) is 4.20. The van der Waals surface area contributed by atoms with E-state index in [0.29, 0.717) is 11.7 Å². The number of benzene rings is 2. The van der Waals surface area contributed by atoms with Crippen LogP contribution in [0.25, 0.3) is 0 Å². The first-order valence-corrected chi connectivity index (χ1v) is 5.96. The minimum Gasteiger partial charge on any atom is -0.382 e. The average molecular weight is 252 g/mol. The van der Waals surface area contributed by atoms with E-state index in [4.69, 9.17) is 11.5 Å². The summed E-state index contributed by atoms with van der Waals surface area (Å²) < 4.78 is 0. The van der Waals surface area contributed by atoms with Crippen LogP contribution >= 0.6 is 0 Å². The van der Waals surface area contributed by atoms with Gasteiger partial charge >= 0.3 is 0 Å². The van der Waals surface area contributed by atoms with Crippen molar-refractivity contribution in [2.75, 3.05) is 0 Å². The van der Waals surface area contributed by atoms with Gasteiger partial charge in [-0.15, -0.1) is 10.2 Å². The summed E-state index contributed by atoms with van der Waals surface area (Å²) in [4.78, 5) is 0. The zero-order valence-corrected chi connectivity index (χ0v) is 10.7. The molecule has 96 valence electrons. The molecule has 0 bridgehead atoms. The Morgan fingerprint density at radius 3 is 1.74 bits per heavy atom. The fourth-order valence-electron chi connectivity index (χ4n) is 1.56. The molecule has 0 saturated heterocycles. The van der Waals surface area contributed by atoms with Crippen molar-refractivity contribution in [2.24, 2.45) is 21.7 Å². The molecule has 0 amide bonds. The van der Waals surface area contributed by atoms with Crippen molar-refractivity contribution in [1.29, 1.82) is 0 Å². The molecule has 0 unspecified atom stereocenters. The number of rotatable bonds is 3. The lowest BCUT2D eigenvalue weighted by atomic mass is 10.1. The number of hydrogen-bond acceptors (Lipinski definition) is 2. The molecule has 19 heavy (non-hydrogen) atoms. The fraction of sp³-hybridized carbons (Fsp3) is 0.0667. The minimum atomic E-state index is 0.343. The Bertz CT molecular complexity index is 598. The van der Waals surface area contributed by atoms with Crippen LogP contribution in [0.1, 0.15) is 16.7 Å². The molecular weight excluding hydrogens is 236 g/mol. The number of aryl methyl sites for hydroxylation is 1. The molecule has 4 N–H and O–H groups in total. The van der Waals surface area contributed by atoms with Gasteiger partial charge in [0.05, 0.1) is 0 Å². The van der Waals surface area contributed by atoms with Crippen LogP contribution in [0.2, 0.25) is 0 Å². The summed E-state index contributed by atoms with van der Waals surface area (Å²) in [5, 5.41) is 7.91. The lowest BCUT2D eigenvalue weighted by molar-refractivity contribution is 1.20. The van der Waals surface area contributed by atoms with Crippen LogP contribution in [0, 0.1) is 6.92 Å². The van der Waals surface area contributed by atoms with Gasteiger partial charge < -0.3 is 11.5 Å². The van der Waals surface area contributed by atoms with Gasteiger partial charge in [-0.2, -0.15) is 0 Å². The molecule has 0 heterocycles. The van der Waals surface area contributed by atoms with Crippen molar-refractivity contribution in [3.8, 4) is 0 Å². The molecule has 2 rings (SSSR count). The molecule has 4 nitrogen and oxygen atoms in total. The molecule has 2 aromatic rings. The van der Waals surface area contributed by atoms with Crippen molar-refractivity contribution in [1.82, 2.24) is 0 Å². The Morgan fingerprint density at radius 1 is 0.737 bits per heavy atom. The van der Waals surface area contributed by atoms with Gasteiger partial charge in [0.1, 0.15) is 0 Å². The Labute approximate surface area is 112 Å². The van der Waals surface area contributed by atoms with E-state index in [0.717, 1.165) is 11.1 Å². The Hall–Kier alpha value is -2.62. The normalized spacial score (nSPS) is 12.5. The smallest absolute Gasteiger partial charge is 0.153 e. The molecule has 0 spiro atoms. The van der Waals surface area contributed by atoms with Gasteiger partial charge in [-0.05, 0) is 6.92 Å². The molecule has 0 saturated carbocycles. The zero-order valence-electron chi connectivity index (χ0n) is 10.7. The first-order chi connectivity index (χ1) is 9.16. The maximum atomic E-state index is 5.86. The van der Waals surface area contributed by atoms with E-state index >= 15 is 0 Å². The summed E-state index contributed by atoms with van der Waals surface area (Å²) in [5.74, 6) is 0.689. The molecule has 0 atom stereocenters. The van der Waals surface area contributed by atoms with Crippen LogP contribution < -0.4 is 11.5 Å². The van der Waals surface area contributed by atoms with E-state index < -0.39 is 0 Å². The second-order valence-electron chi connectivity index (χ2n) is 4.20. The summed E-state index contributed by atoms with van der Waals surface area (Å²) in [6.45, 7) is 2.02. The van der Waals surface area contributed by atoms with Gasteiger partial charge in [-0.1, -0.05) is 60.2 Å². The van der Waals surface area contributed by atoms with E-state index in [1.54, 1.807) is 0 Å². The molecule has 0 aliphatic carbocycles. The summed E-state index contributed by atoms with van der Waals surface area (Å²) in [7, 11) is 0. The first kappa shape index (κ1) is 12.8. The van der Waals surface area contributed by atoms with Crippen LogP contribution in [0.4, 0.5) is 0 Å². The molecule has 0 aliphatic heterocycles. The Kier molecular flexibility index (Phi) is 3.93. The monoisotopic (exact) mass is 252 g/mol. The second kappa shape index (κ2) is 5.82. The van der Waals surface area contributed by atoms with E-state index in [1.807, 2.05) is 61.5 Å². The SMILES string of the molecule is Cc1ccc(/C(N)=N/N=C(\N)c2ccccc2)cc1. The summed E-state index contributed by atoms with van der Waals surface area (Å²) in [6, 6.07) is 17.2. The fourth-order valence-corrected chi connectivity index (χ4v) is 1.56. The van der Waals surface area contributed by atoms with Crippen molar-refractivity contribution >= 4 is 11.7 Å². The zero-order chi connectivity index (χ0) is 13.7. The van der Waals surface area contributed by atoms with Crippen molar-refractivity contribution in [3.05, 3.63) is 71.3 Å². The number of nitrogens with zero attached hydrogens (tertiary/aromatic N) is 2. The van der Waals surface area contributed by atoms with Crippen LogP contribution in [-0.4, -0.2) is 11.7 Å². The van der Waals surface area contributed by atoms with Crippen molar-refractivity contribution in [2.45, 2.75) is 6.92 Å². The highest BCUT2D eigenvalue weighted by Crippen LogP contribution is 2.03. The van der Waals surface area contributed by atoms with Crippen LogP contribution in [0.15, 0.2) is 64.8 Å². The highest BCUT2D eigenvalue weighted by molar-refractivity contribution is 6.00. The first-order valence-electron chi connectivity index (χ1n) is 5.96. The summed E-state index contributed by atoms with van der Waals surface area (Å²) in [5.41, 5.74) is 14.5. The van der Waals surface area contributed by atoms with Crippen LogP contribution in [0.5, 0.6) is 0 Å². The van der Waals surface area contributed by atoms with Crippen LogP contribution in [0.3, 0.4) is 0 Å². The van der Waals surface area contributed by atoms with Gasteiger partial charge in [0.2, 0.25) is 0 Å². The highest BCUT2D eigenvalue weighted by atomic mass is 15.3. The molecule has 0 aliphatic rings. The third-order valence-electron chi connectivity index (χ3n) is 2.68. The quantitative estimate of drug-likeness (QED) is 0.498. The third-order valence-corrected chi connectivity index (χ3v) is 2.68. The molecule has 4 heteroatoms. The number of nitrogens with two attached hydrogens (primary N) is 2. The largest absolute Gasteiger partial charge is 0.382 e. The lowest BCUT2D eigenvalue weighted by Crippen LogP contribution is -2.16. The summed E-state index contributed by atoms with van der Waals surface area (Å²) >= 11 is 0. The van der Waals surface area contributed by atoms with Gasteiger partial charge in [-0.25, -0.2) is 0 Å². The van der Waals surface area contributed by atoms with Gasteiger partial charge in [-0.3, -0.25) is 0 Å². The van der Waals surface area contributed by atoms with Crippen molar-refractivity contribution < 1.29 is 0 Å². The number of hydrogen-bond donors (Lipinski definition) is 2. The predicted octanol–water partition coefficient (Wildman–Crippen LogP) is 2.02. The minimum absolute atomic E-state index is 0.343.